The lowest BCUT2D eigenvalue weighted by molar-refractivity contribution is -0.541. The fourth-order valence-electron chi connectivity index (χ4n) is 1.31. The molecule has 7 heteroatoms. The first-order valence-electron chi connectivity index (χ1n) is 3.82. The van der Waals surface area contributed by atoms with Gasteiger partial charge in [0, 0.05) is 11.0 Å². The van der Waals surface area contributed by atoms with Gasteiger partial charge in [-0.25, -0.2) is 0 Å². The highest BCUT2D eigenvalue weighted by Crippen LogP contribution is 2.32. The Labute approximate surface area is 94.5 Å². The highest BCUT2D eigenvalue weighted by Gasteiger charge is 2.57. The predicted molar refractivity (Wildman–Crippen MR) is 53.2 cm³/mol. The molecule has 0 aliphatic heterocycles. The van der Waals surface area contributed by atoms with Crippen LogP contribution in [-0.4, -0.2) is 20.9 Å². The van der Waals surface area contributed by atoms with Gasteiger partial charge in [0.05, 0.1) is 0 Å². The van der Waals surface area contributed by atoms with Crippen molar-refractivity contribution < 1.29 is 14.5 Å². The molecule has 2 unspecified atom stereocenters. The topological polar surface area (TPSA) is 77.3 Å². The zero-order valence-corrected chi connectivity index (χ0v) is 8.73. The molecule has 0 bridgehead atoms. The van der Waals surface area contributed by atoms with Gasteiger partial charge in [-0.2, -0.15) is 0 Å². The van der Waals surface area contributed by atoms with E-state index < -0.39 is 26.9 Å². The maximum atomic E-state index is 11.1. The van der Waals surface area contributed by atoms with E-state index in [0.717, 1.165) is 6.08 Å². The molecule has 0 N–H and O–H groups in total. The van der Waals surface area contributed by atoms with Crippen molar-refractivity contribution in [3.63, 3.8) is 0 Å². The number of nitrogens with zero attached hydrogens (tertiary/aromatic N) is 1. The minimum Gasteiger partial charge on any atom is -0.280 e. The van der Waals surface area contributed by atoms with E-state index in [1.54, 1.807) is 0 Å². The van der Waals surface area contributed by atoms with E-state index >= 15 is 0 Å². The number of hydrogen-bond acceptors (Lipinski definition) is 4. The Morgan fingerprint density at radius 2 is 1.93 bits per heavy atom. The maximum absolute atomic E-state index is 11.1. The second kappa shape index (κ2) is 4.12. The molecule has 1 aliphatic rings. The van der Waals surface area contributed by atoms with Crippen LogP contribution in [0, 0.1) is 16.0 Å². The zero-order valence-electron chi connectivity index (χ0n) is 7.22. The van der Waals surface area contributed by atoms with Crippen molar-refractivity contribution in [2.45, 2.75) is 5.54 Å². The summed E-state index contributed by atoms with van der Waals surface area (Å²) in [6.07, 6.45) is 4.82. The molecule has 0 spiro atoms. The van der Waals surface area contributed by atoms with Crippen molar-refractivity contribution in [3.8, 4) is 0 Å². The summed E-state index contributed by atoms with van der Waals surface area (Å²) >= 11 is 10.4. The summed E-state index contributed by atoms with van der Waals surface area (Å²) in [5.41, 5.74) is -2.28. The standard InChI is InChI=1S/C8H5Cl2NO4/c9-6(12)5-3-1-2-4-8(5,7(10)13)11(14)15/h1-5H. The average Bonchev–Trinajstić information content (AvgIpc) is 2.16. The Morgan fingerprint density at radius 1 is 1.33 bits per heavy atom. The average molecular weight is 250 g/mol. The van der Waals surface area contributed by atoms with E-state index in [9.17, 15) is 19.7 Å². The number of rotatable bonds is 3. The van der Waals surface area contributed by atoms with Crippen LogP contribution in [-0.2, 0) is 9.59 Å². The fraction of sp³-hybridized carbons (Fsp3) is 0.250. The van der Waals surface area contributed by atoms with Gasteiger partial charge in [0.1, 0.15) is 5.92 Å². The van der Waals surface area contributed by atoms with Crippen LogP contribution in [0.4, 0.5) is 0 Å². The van der Waals surface area contributed by atoms with E-state index in [1.807, 2.05) is 0 Å². The highest BCUT2D eigenvalue weighted by molar-refractivity contribution is 6.68. The van der Waals surface area contributed by atoms with Gasteiger partial charge >= 0.3 is 10.8 Å². The van der Waals surface area contributed by atoms with Crippen LogP contribution in [0.2, 0.25) is 0 Å². The summed E-state index contributed by atoms with van der Waals surface area (Å²) in [7, 11) is 0. The lowest BCUT2D eigenvalue weighted by Gasteiger charge is -2.24. The number of nitro groups is 1. The van der Waals surface area contributed by atoms with Crippen LogP contribution in [0.15, 0.2) is 24.3 Å². The molecule has 15 heavy (non-hydrogen) atoms. The lowest BCUT2D eigenvalue weighted by Crippen LogP contribution is -2.51. The third kappa shape index (κ3) is 1.80. The van der Waals surface area contributed by atoms with Crippen LogP contribution in [0.3, 0.4) is 0 Å². The minimum absolute atomic E-state index is 0.909. The van der Waals surface area contributed by atoms with Crippen molar-refractivity contribution >= 4 is 33.7 Å². The summed E-state index contributed by atoms with van der Waals surface area (Å²) in [5.74, 6) is -1.37. The molecular weight excluding hydrogens is 245 g/mol. The summed E-state index contributed by atoms with van der Waals surface area (Å²) in [5, 5.41) is 8.59. The molecule has 0 saturated carbocycles. The molecular formula is C8H5Cl2NO4. The smallest absolute Gasteiger partial charge is 0.280 e. The third-order valence-corrected chi connectivity index (χ3v) is 2.64. The molecule has 2 atom stereocenters. The first kappa shape index (κ1) is 11.9. The number of carbonyl (C=O) groups is 2. The van der Waals surface area contributed by atoms with Crippen molar-refractivity contribution in [1.82, 2.24) is 0 Å². The van der Waals surface area contributed by atoms with Gasteiger partial charge in [-0.05, 0) is 23.2 Å². The monoisotopic (exact) mass is 249 g/mol. The van der Waals surface area contributed by atoms with E-state index in [0.29, 0.717) is 0 Å². The Hall–Kier alpha value is -1.20. The van der Waals surface area contributed by atoms with Crippen molar-refractivity contribution in [2.24, 2.45) is 5.92 Å². The number of carbonyl (C=O) groups excluding carboxylic acids is 2. The van der Waals surface area contributed by atoms with Crippen LogP contribution in [0.1, 0.15) is 0 Å². The molecule has 1 aliphatic carbocycles. The van der Waals surface area contributed by atoms with Gasteiger partial charge in [-0.3, -0.25) is 19.7 Å². The third-order valence-electron chi connectivity index (χ3n) is 2.10. The predicted octanol–water partition coefficient (Wildman–Crippen LogP) is 1.27. The molecule has 0 radical (unpaired) electrons. The molecule has 0 saturated heterocycles. The Morgan fingerprint density at radius 3 is 2.27 bits per heavy atom. The van der Waals surface area contributed by atoms with Crippen LogP contribution < -0.4 is 0 Å². The molecule has 0 heterocycles. The van der Waals surface area contributed by atoms with Gasteiger partial charge < -0.3 is 0 Å². The van der Waals surface area contributed by atoms with Crippen LogP contribution >= 0.6 is 23.2 Å². The SMILES string of the molecule is O=C(Cl)C1C=CC=CC1(C(=O)Cl)[N+](=O)[O-]. The minimum atomic E-state index is -2.28. The lowest BCUT2D eigenvalue weighted by atomic mass is 9.83. The van der Waals surface area contributed by atoms with Crippen molar-refractivity contribution in [3.05, 3.63) is 34.4 Å². The van der Waals surface area contributed by atoms with E-state index in [4.69, 9.17) is 23.2 Å². The van der Waals surface area contributed by atoms with Crippen molar-refractivity contribution in [1.29, 1.82) is 0 Å². The summed E-state index contributed by atoms with van der Waals surface area (Å²) in [6.45, 7) is 0. The second-order valence-electron chi connectivity index (χ2n) is 2.88. The first-order valence-corrected chi connectivity index (χ1v) is 4.58. The molecule has 0 fully saturated rings. The molecule has 1 rings (SSSR count). The number of halogens is 2. The quantitative estimate of drug-likeness (QED) is 0.429. The Bertz CT molecular complexity index is 374. The Kier molecular flexibility index (Phi) is 3.26. The van der Waals surface area contributed by atoms with E-state index in [-0.39, 0.29) is 0 Å². The maximum Gasteiger partial charge on any atom is 0.326 e. The summed E-state index contributed by atoms with van der Waals surface area (Å²) in [4.78, 5) is 32.0. The molecule has 0 amide bonds. The van der Waals surface area contributed by atoms with Gasteiger partial charge in [-0.1, -0.05) is 18.2 Å². The first-order chi connectivity index (χ1) is 6.93. The molecule has 80 valence electrons. The molecule has 0 aromatic heterocycles. The fourth-order valence-corrected chi connectivity index (χ4v) is 1.80. The largest absolute Gasteiger partial charge is 0.326 e. The molecule has 0 aromatic carbocycles. The zero-order chi connectivity index (χ0) is 11.6. The normalized spacial score (nSPS) is 28.8. The Balaban J connectivity index is 3.32. The van der Waals surface area contributed by atoms with E-state index in [1.165, 1.54) is 18.2 Å². The van der Waals surface area contributed by atoms with Crippen molar-refractivity contribution in [2.75, 3.05) is 0 Å². The summed E-state index contributed by atoms with van der Waals surface area (Å²) < 4.78 is 0. The summed E-state index contributed by atoms with van der Waals surface area (Å²) in [6, 6.07) is 0. The van der Waals surface area contributed by atoms with Gasteiger partial charge in [0.15, 0.2) is 0 Å². The highest BCUT2D eigenvalue weighted by atomic mass is 35.5. The van der Waals surface area contributed by atoms with Gasteiger partial charge in [0.25, 0.3) is 0 Å². The van der Waals surface area contributed by atoms with E-state index in [2.05, 4.69) is 0 Å². The van der Waals surface area contributed by atoms with Crippen LogP contribution in [0.5, 0.6) is 0 Å². The molecule has 0 aromatic rings. The second-order valence-corrected chi connectivity index (χ2v) is 3.60. The number of hydrogen-bond donors (Lipinski definition) is 0. The van der Waals surface area contributed by atoms with Gasteiger partial charge in [0.2, 0.25) is 5.24 Å². The van der Waals surface area contributed by atoms with Gasteiger partial charge in [-0.15, -0.1) is 0 Å². The molecule has 5 nitrogen and oxygen atoms in total. The van der Waals surface area contributed by atoms with Crippen LogP contribution in [0.25, 0.3) is 0 Å². The number of allylic oxidation sites excluding steroid dienone is 2.